The van der Waals surface area contributed by atoms with Crippen molar-refractivity contribution in [3.8, 4) is 0 Å². The lowest BCUT2D eigenvalue weighted by atomic mass is 10.1. The predicted molar refractivity (Wildman–Crippen MR) is 68.2 cm³/mol. The lowest BCUT2D eigenvalue weighted by Crippen LogP contribution is -2.20. The second-order valence-corrected chi connectivity index (χ2v) is 4.16. The van der Waals surface area contributed by atoms with E-state index in [0.717, 1.165) is 25.0 Å². The molecule has 0 aliphatic rings. The fraction of sp³-hybridized carbons (Fsp3) is 0.417. The van der Waals surface area contributed by atoms with Gasteiger partial charge in [0.25, 0.3) is 5.69 Å². The Bertz CT molecular complexity index is 505. The second-order valence-electron chi connectivity index (χ2n) is 4.16. The third kappa shape index (κ3) is 3.40. The van der Waals surface area contributed by atoms with Crippen molar-refractivity contribution < 1.29 is 19.2 Å². The summed E-state index contributed by atoms with van der Waals surface area (Å²) in [6.45, 7) is 2.50. The van der Waals surface area contributed by atoms with Crippen molar-refractivity contribution in [2.75, 3.05) is 18.5 Å². The molecule has 7 heteroatoms. The van der Waals surface area contributed by atoms with Gasteiger partial charge in [-0.25, -0.2) is 9.18 Å². The average Bonchev–Trinajstić information content (AvgIpc) is 2.34. The van der Waals surface area contributed by atoms with Crippen LogP contribution in [0.5, 0.6) is 0 Å². The molecule has 0 aliphatic carbocycles. The molecule has 0 fully saturated rings. The van der Waals surface area contributed by atoms with Crippen molar-refractivity contribution in [1.82, 2.24) is 0 Å². The zero-order chi connectivity index (χ0) is 14.6. The van der Waals surface area contributed by atoms with Gasteiger partial charge < -0.3 is 10.0 Å². The Balaban J connectivity index is 3.26. The Labute approximate surface area is 109 Å². The number of nitro groups is 1. The number of nitrogens with zero attached hydrogens (tertiary/aromatic N) is 2. The summed E-state index contributed by atoms with van der Waals surface area (Å²) in [5.74, 6) is -2.50. The standard InChI is InChI=1S/C12H15FN2O4/c1-3-4-5-14(2)10-7-9(13)8(12(16)17)6-11(10)15(18)19/h6-7H,3-5H2,1-2H3,(H,16,17). The first-order valence-electron chi connectivity index (χ1n) is 5.80. The van der Waals surface area contributed by atoms with Crippen molar-refractivity contribution in [2.45, 2.75) is 19.8 Å². The van der Waals surface area contributed by atoms with E-state index in [0.29, 0.717) is 6.54 Å². The van der Waals surface area contributed by atoms with Crippen LogP contribution >= 0.6 is 0 Å². The minimum Gasteiger partial charge on any atom is -0.478 e. The van der Waals surface area contributed by atoms with Gasteiger partial charge in [0.15, 0.2) is 0 Å². The smallest absolute Gasteiger partial charge is 0.338 e. The Morgan fingerprint density at radius 2 is 2.16 bits per heavy atom. The van der Waals surface area contributed by atoms with Gasteiger partial charge in [-0.3, -0.25) is 10.1 Å². The quantitative estimate of drug-likeness (QED) is 0.634. The van der Waals surface area contributed by atoms with E-state index in [4.69, 9.17) is 5.11 Å². The molecule has 0 amide bonds. The number of rotatable bonds is 6. The minimum atomic E-state index is -1.52. The summed E-state index contributed by atoms with van der Waals surface area (Å²) in [5.41, 5.74) is -1.02. The SMILES string of the molecule is CCCCN(C)c1cc(F)c(C(=O)O)cc1[N+](=O)[O-]. The molecule has 0 bridgehead atoms. The van der Waals surface area contributed by atoms with Crippen molar-refractivity contribution in [2.24, 2.45) is 0 Å². The number of halogens is 1. The van der Waals surface area contributed by atoms with Crippen LogP contribution in [-0.4, -0.2) is 29.6 Å². The van der Waals surface area contributed by atoms with E-state index in [1.807, 2.05) is 6.92 Å². The van der Waals surface area contributed by atoms with Gasteiger partial charge >= 0.3 is 5.97 Å². The van der Waals surface area contributed by atoms with Gasteiger partial charge in [-0.2, -0.15) is 0 Å². The largest absolute Gasteiger partial charge is 0.478 e. The number of hydrogen-bond donors (Lipinski definition) is 1. The van der Waals surface area contributed by atoms with Crippen molar-refractivity contribution >= 4 is 17.3 Å². The Morgan fingerprint density at radius 1 is 1.53 bits per heavy atom. The number of aromatic carboxylic acids is 1. The number of benzene rings is 1. The lowest BCUT2D eigenvalue weighted by Gasteiger charge is -2.19. The van der Waals surface area contributed by atoms with Crippen LogP contribution in [0.2, 0.25) is 0 Å². The molecule has 0 aromatic heterocycles. The number of unbranched alkanes of at least 4 members (excludes halogenated alkanes) is 1. The molecule has 0 saturated carbocycles. The fourth-order valence-electron chi connectivity index (χ4n) is 1.68. The first-order valence-corrected chi connectivity index (χ1v) is 5.80. The summed E-state index contributed by atoms with van der Waals surface area (Å²) >= 11 is 0. The van der Waals surface area contributed by atoms with E-state index in [1.165, 1.54) is 0 Å². The van der Waals surface area contributed by atoms with Gasteiger partial charge in [-0.05, 0) is 6.42 Å². The molecule has 0 spiro atoms. The Hall–Kier alpha value is -2.18. The molecule has 0 atom stereocenters. The van der Waals surface area contributed by atoms with E-state index >= 15 is 0 Å². The molecule has 1 aromatic carbocycles. The molecule has 6 nitrogen and oxygen atoms in total. The van der Waals surface area contributed by atoms with Crippen molar-refractivity contribution in [1.29, 1.82) is 0 Å². The number of carbonyl (C=O) groups is 1. The number of nitro benzene ring substituents is 1. The van der Waals surface area contributed by atoms with Crippen molar-refractivity contribution in [3.05, 3.63) is 33.6 Å². The first kappa shape index (κ1) is 14.9. The van der Waals surface area contributed by atoms with Crippen LogP contribution in [0.3, 0.4) is 0 Å². The zero-order valence-electron chi connectivity index (χ0n) is 10.7. The summed E-state index contributed by atoms with van der Waals surface area (Å²) < 4.78 is 13.6. The summed E-state index contributed by atoms with van der Waals surface area (Å²) in [6.07, 6.45) is 1.70. The molecule has 0 saturated heterocycles. The normalized spacial score (nSPS) is 10.3. The molecule has 0 unspecified atom stereocenters. The van der Waals surface area contributed by atoms with Gasteiger partial charge in [0.05, 0.1) is 4.92 Å². The van der Waals surface area contributed by atoms with Crippen LogP contribution in [0.15, 0.2) is 12.1 Å². The third-order valence-corrected chi connectivity index (χ3v) is 2.75. The van der Waals surface area contributed by atoms with Crippen LogP contribution in [0.4, 0.5) is 15.8 Å². The predicted octanol–water partition coefficient (Wildman–Crippen LogP) is 2.67. The number of anilines is 1. The highest BCUT2D eigenvalue weighted by atomic mass is 19.1. The summed E-state index contributed by atoms with van der Waals surface area (Å²) in [7, 11) is 1.61. The summed E-state index contributed by atoms with van der Waals surface area (Å²) in [6, 6.07) is 1.66. The Morgan fingerprint density at radius 3 is 2.63 bits per heavy atom. The van der Waals surface area contributed by atoms with E-state index in [2.05, 4.69) is 0 Å². The first-order chi connectivity index (χ1) is 8.88. The topological polar surface area (TPSA) is 83.7 Å². The van der Waals surface area contributed by atoms with Gasteiger partial charge in [0.2, 0.25) is 0 Å². The molecule has 1 N–H and O–H groups in total. The number of hydrogen-bond acceptors (Lipinski definition) is 4. The van der Waals surface area contributed by atoms with Crippen LogP contribution in [0.25, 0.3) is 0 Å². The average molecular weight is 270 g/mol. The van der Waals surface area contributed by atoms with Crippen LogP contribution in [0.1, 0.15) is 30.1 Å². The molecule has 104 valence electrons. The highest BCUT2D eigenvalue weighted by Gasteiger charge is 2.23. The molecule has 0 aliphatic heterocycles. The molecule has 0 heterocycles. The van der Waals surface area contributed by atoms with Crippen LogP contribution < -0.4 is 4.90 Å². The van der Waals surface area contributed by atoms with E-state index in [-0.39, 0.29) is 5.69 Å². The minimum absolute atomic E-state index is 0.0842. The third-order valence-electron chi connectivity index (χ3n) is 2.75. The van der Waals surface area contributed by atoms with Crippen LogP contribution in [-0.2, 0) is 0 Å². The summed E-state index contributed by atoms with van der Waals surface area (Å²) in [5, 5.41) is 19.7. The number of carboxylic acids is 1. The van der Waals surface area contributed by atoms with Crippen LogP contribution in [0, 0.1) is 15.9 Å². The molecule has 1 aromatic rings. The van der Waals surface area contributed by atoms with Crippen molar-refractivity contribution in [3.63, 3.8) is 0 Å². The fourth-order valence-corrected chi connectivity index (χ4v) is 1.68. The molecule has 19 heavy (non-hydrogen) atoms. The maximum Gasteiger partial charge on any atom is 0.338 e. The highest BCUT2D eigenvalue weighted by Crippen LogP contribution is 2.30. The lowest BCUT2D eigenvalue weighted by molar-refractivity contribution is -0.384. The number of carboxylic acid groups (broad SMARTS) is 1. The highest BCUT2D eigenvalue weighted by molar-refractivity contribution is 5.90. The second kappa shape index (κ2) is 6.12. The molecular weight excluding hydrogens is 255 g/mol. The summed E-state index contributed by atoms with van der Waals surface area (Å²) in [4.78, 5) is 22.6. The van der Waals surface area contributed by atoms with Gasteiger partial charge in [0.1, 0.15) is 17.1 Å². The van der Waals surface area contributed by atoms with E-state index < -0.39 is 28.0 Å². The molecule has 0 radical (unpaired) electrons. The molecular formula is C12H15FN2O4. The van der Waals surface area contributed by atoms with E-state index in [1.54, 1.807) is 11.9 Å². The Kier molecular flexibility index (Phi) is 4.80. The molecule has 1 rings (SSSR count). The monoisotopic (exact) mass is 270 g/mol. The zero-order valence-corrected chi connectivity index (χ0v) is 10.7. The van der Waals surface area contributed by atoms with Gasteiger partial charge in [0, 0.05) is 25.7 Å². The van der Waals surface area contributed by atoms with E-state index in [9.17, 15) is 19.3 Å². The maximum atomic E-state index is 13.6. The van der Waals surface area contributed by atoms with Gasteiger partial charge in [-0.1, -0.05) is 13.3 Å². The van der Waals surface area contributed by atoms with Gasteiger partial charge in [-0.15, -0.1) is 0 Å². The maximum absolute atomic E-state index is 13.6.